The first-order valence-electron chi connectivity index (χ1n) is 6.78. The summed E-state index contributed by atoms with van der Waals surface area (Å²) < 4.78 is 4.93. The van der Waals surface area contributed by atoms with E-state index in [0.717, 1.165) is 5.56 Å². The Labute approximate surface area is 133 Å². The van der Waals surface area contributed by atoms with Crippen LogP contribution in [0.1, 0.15) is 5.56 Å². The molecule has 1 heterocycles. The number of nitrogens with one attached hydrogen (secondary N) is 2. The zero-order valence-electron chi connectivity index (χ0n) is 12.2. The van der Waals surface area contributed by atoms with Crippen LogP contribution in [0, 0.1) is 0 Å². The molecule has 0 radical (unpaired) electrons. The van der Waals surface area contributed by atoms with Gasteiger partial charge in [-0.1, -0.05) is 23.7 Å². The molecule has 0 spiro atoms. The van der Waals surface area contributed by atoms with Crippen LogP contribution < -0.4 is 10.6 Å². The molecule has 1 aromatic carbocycles. The number of hydrogen-bond acceptors (Lipinski definition) is 5. The first kappa shape index (κ1) is 16.2. The van der Waals surface area contributed by atoms with Crippen molar-refractivity contribution in [3.05, 3.63) is 47.0 Å². The van der Waals surface area contributed by atoms with Crippen molar-refractivity contribution in [1.82, 2.24) is 10.2 Å². The lowest BCUT2D eigenvalue weighted by atomic mass is 10.1. The van der Waals surface area contributed by atoms with Crippen molar-refractivity contribution < 1.29 is 9.53 Å². The van der Waals surface area contributed by atoms with E-state index in [-0.39, 0.29) is 12.3 Å². The molecule has 7 heteroatoms. The number of amides is 1. The maximum atomic E-state index is 11.9. The molecule has 116 valence electrons. The van der Waals surface area contributed by atoms with E-state index < -0.39 is 0 Å². The van der Waals surface area contributed by atoms with Gasteiger partial charge in [-0.2, -0.15) is 0 Å². The molecule has 2 N–H and O–H groups in total. The molecule has 22 heavy (non-hydrogen) atoms. The van der Waals surface area contributed by atoms with Gasteiger partial charge in [0.1, 0.15) is 5.82 Å². The Bertz CT molecular complexity index is 602. The van der Waals surface area contributed by atoms with Crippen LogP contribution in [-0.2, 0) is 16.0 Å². The number of ether oxygens (including phenoxy) is 1. The standard InChI is InChI=1S/C15H17ClN4O2/c1-22-9-8-17-13-6-7-14(20-19-13)18-15(21)10-11-2-4-12(16)5-3-11/h2-7H,8-10H2,1H3,(H,17,19)(H,18,20,21). The number of carbonyl (C=O) groups excluding carboxylic acids is 1. The van der Waals surface area contributed by atoms with Crippen LogP contribution in [0.2, 0.25) is 5.02 Å². The Morgan fingerprint density at radius 2 is 1.82 bits per heavy atom. The number of hydrogen-bond donors (Lipinski definition) is 2. The SMILES string of the molecule is COCCNc1ccc(NC(=O)Cc2ccc(Cl)cc2)nn1. The van der Waals surface area contributed by atoms with Crippen LogP contribution in [0.25, 0.3) is 0 Å². The Hall–Kier alpha value is -2.18. The van der Waals surface area contributed by atoms with Crippen molar-refractivity contribution in [2.45, 2.75) is 6.42 Å². The third kappa shape index (κ3) is 5.31. The second-order valence-corrected chi connectivity index (χ2v) is 5.01. The van der Waals surface area contributed by atoms with Crippen molar-refractivity contribution in [2.75, 3.05) is 30.9 Å². The number of halogens is 1. The fourth-order valence-electron chi connectivity index (χ4n) is 1.75. The molecule has 0 aliphatic heterocycles. The largest absolute Gasteiger partial charge is 0.383 e. The van der Waals surface area contributed by atoms with Crippen molar-refractivity contribution in [1.29, 1.82) is 0 Å². The summed E-state index contributed by atoms with van der Waals surface area (Å²) in [6.45, 7) is 1.23. The van der Waals surface area contributed by atoms with Crippen molar-refractivity contribution in [3.8, 4) is 0 Å². The van der Waals surface area contributed by atoms with E-state index in [1.54, 1.807) is 31.4 Å². The molecule has 0 saturated heterocycles. The predicted octanol–water partition coefficient (Wildman–Crippen LogP) is 2.37. The molecule has 1 aromatic heterocycles. The molecule has 0 aliphatic carbocycles. The highest BCUT2D eigenvalue weighted by Crippen LogP contribution is 2.11. The number of anilines is 2. The summed E-state index contributed by atoms with van der Waals surface area (Å²) in [7, 11) is 1.63. The van der Waals surface area contributed by atoms with Gasteiger partial charge in [0.05, 0.1) is 13.0 Å². The molecule has 0 atom stereocenters. The van der Waals surface area contributed by atoms with Gasteiger partial charge >= 0.3 is 0 Å². The quantitative estimate of drug-likeness (QED) is 0.766. The lowest BCUT2D eigenvalue weighted by molar-refractivity contribution is -0.115. The molecule has 0 aliphatic rings. The summed E-state index contributed by atoms with van der Waals surface area (Å²) in [5, 5.41) is 14.3. The van der Waals surface area contributed by atoms with E-state index in [1.807, 2.05) is 12.1 Å². The third-order valence-corrected chi connectivity index (χ3v) is 3.07. The monoisotopic (exact) mass is 320 g/mol. The molecule has 2 aromatic rings. The van der Waals surface area contributed by atoms with Crippen LogP contribution in [-0.4, -0.2) is 36.4 Å². The summed E-state index contributed by atoms with van der Waals surface area (Å²) in [6.07, 6.45) is 0.257. The second-order valence-electron chi connectivity index (χ2n) is 4.57. The number of carbonyl (C=O) groups is 1. The minimum absolute atomic E-state index is 0.156. The Kier molecular flexibility index (Phi) is 6.12. The summed E-state index contributed by atoms with van der Waals surface area (Å²) >= 11 is 5.81. The van der Waals surface area contributed by atoms with E-state index >= 15 is 0 Å². The molecule has 0 bridgehead atoms. The zero-order valence-corrected chi connectivity index (χ0v) is 12.9. The van der Waals surface area contributed by atoms with Gasteiger partial charge in [-0.25, -0.2) is 0 Å². The lowest BCUT2D eigenvalue weighted by Gasteiger charge is -2.06. The number of benzene rings is 1. The van der Waals surface area contributed by atoms with E-state index in [4.69, 9.17) is 16.3 Å². The highest BCUT2D eigenvalue weighted by atomic mass is 35.5. The first-order chi connectivity index (χ1) is 10.7. The van der Waals surface area contributed by atoms with E-state index in [0.29, 0.717) is 29.8 Å². The van der Waals surface area contributed by atoms with Crippen LogP contribution in [0.15, 0.2) is 36.4 Å². The zero-order chi connectivity index (χ0) is 15.8. The Balaban J connectivity index is 1.84. The smallest absolute Gasteiger partial charge is 0.229 e. The molecular weight excluding hydrogens is 304 g/mol. The first-order valence-corrected chi connectivity index (χ1v) is 7.16. The number of rotatable bonds is 7. The average molecular weight is 321 g/mol. The van der Waals surface area contributed by atoms with Gasteiger partial charge in [-0.15, -0.1) is 10.2 Å². The van der Waals surface area contributed by atoms with Crippen LogP contribution in [0.4, 0.5) is 11.6 Å². The predicted molar refractivity (Wildman–Crippen MR) is 86.2 cm³/mol. The average Bonchev–Trinajstić information content (AvgIpc) is 2.51. The van der Waals surface area contributed by atoms with Gasteiger partial charge in [0.2, 0.25) is 5.91 Å². The van der Waals surface area contributed by atoms with Crippen LogP contribution in [0.3, 0.4) is 0 Å². The van der Waals surface area contributed by atoms with E-state index in [9.17, 15) is 4.79 Å². The molecule has 0 unspecified atom stereocenters. The number of nitrogens with zero attached hydrogens (tertiary/aromatic N) is 2. The molecule has 0 fully saturated rings. The maximum Gasteiger partial charge on any atom is 0.229 e. The number of aromatic nitrogens is 2. The molecule has 1 amide bonds. The van der Waals surface area contributed by atoms with Gasteiger partial charge in [0, 0.05) is 18.7 Å². The molecular formula is C15H17ClN4O2. The van der Waals surface area contributed by atoms with Crippen molar-refractivity contribution >= 4 is 29.1 Å². The summed E-state index contributed by atoms with van der Waals surface area (Å²) in [6, 6.07) is 10.6. The van der Waals surface area contributed by atoms with E-state index in [2.05, 4.69) is 20.8 Å². The summed E-state index contributed by atoms with van der Waals surface area (Å²) in [5.74, 6) is 0.890. The van der Waals surface area contributed by atoms with Crippen LogP contribution >= 0.6 is 11.6 Å². The Morgan fingerprint density at radius 3 is 2.45 bits per heavy atom. The fraction of sp³-hybridized carbons (Fsp3) is 0.267. The van der Waals surface area contributed by atoms with Crippen LogP contribution in [0.5, 0.6) is 0 Å². The van der Waals surface area contributed by atoms with Gasteiger partial charge in [-0.05, 0) is 29.8 Å². The normalized spacial score (nSPS) is 10.3. The minimum Gasteiger partial charge on any atom is -0.383 e. The van der Waals surface area contributed by atoms with Gasteiger partial charge in [-0.3, -0.25) is 4.79 Å². The van der Waals surface area contributed by atoms with Crippen molar-refractivity contribution in [2.24, 2.45) is 0 Å². The molecule has 2 rings (SSSR count). The summed E-state index contributed by atoms with van der Waals surface area (Å²) in [5.41, 5.74) is 0.882. The third-order valence-electron chi connectivity index (χ3n) is 2.82. The minimum atomic E-state index is -0.156. The van der Waals surface area contributed by atoms with Gasteiger partial charge in [0.25, 0.3) is 0 Å². The topological polar surface area (TPSA) is 76.1 Å². The highest BCUT2D eigenvalue weighted by Gasteiger charge is 2.05. The highest BCUT2D eigenvalue weighted by molar-refractivity contribution is 6.30. The van der Waals surface area contributed by atoms with Gasteiger partial charge in [0.15, 0.2) is 5.82 Å². The van der Waals surface area contributed by atoms with Crippen molar-refractivity contribution in [3.63, 3.8) is 0 Å². The number of methoxy groups -OCH3 is 1. The Morgan fingerprint density at radius 1 is 1.14 bits per heavy atom. The van der Waals surface area contributed by atoms with E-state index in [1.165, 1.54) is 0 Å². The summed E-state index contributed by atoms with van der Waals surface area (Å²) in [4.78, 5) is 11.9. The molecule has 0 saturated carbocycles. The maximum absolute atomic E-state index is 11.9. The second kappa shape index (κ2) is 8.31. The molecule has 6 nitrogen and oxygen atoms in total. The van der Waals surface area contributed by atoms with Gasteiger partial charge < -0.3 is 15.4 Å². The fourth-order valence-corrected chi connectivity index (χ4v) is 1.88. The lowest BCUT2D eigenvalue weighted by Crippen LogP contribution is -2.16.